The minimum absolute atomic E-state index is 0.335. The smallest absolute Gasteiger partial charge is 0.245 e. The standard InChI is InChI=1S/C10H19NO3/c1-4-7-14-10(8(12)5-2)11-9(13)6-3/h6,8,10,12H,3-5,7H2,1-2H3,(H,11,13). The van der Waals surface area contributed by atoms with Crippen LogP contribution in [-0.2, 0) is 9.53 Å². The van der Waals surface area contributed by atoms with Gasteiger partial charge in [-0.2, -0.15) is 0 Å². The Kier molecular flexibility index (Phi) is 7.06. The molecule has 0 saturated heterocycles. The van der Waals surface area contributed by atoms with Crippen LogP contribution in [0.4, 0.5) is 0 Å². The van der Waals surface area contributed by atoms with Gasteiger partial charge in [0.1, 0.15) is 0 Å². The average Bonchev–Trinajstić information content (AvgIpc) is 2.22. The zero-order chi connectivity index (χ0) is 11.0. The monoisotopic (exact) mass is 201 g/mol. The van der Waals surface area contributed by atoms with Crippen molar-refractivity contribution in [3.63, 3.8) is 0 Å². The van der Waals surface area contributed by atoms with E-state index in [0.717, 1.165) is 12.5 Å². The molecule has 0 fully saturated rings. The number of aliphatic hydroxyl groups is 1. The maximum Gasteiger partial charge on any atom is 0.245 e. The minimum Gasteiger partial charge on any atom is -0.388 e. The Morgan fingerprint density at radius 3 is 2.71 bits per heavy atom. The number of carbonyl (C=O) groups excluding carboxylic acids is 1. The molecular formula is C10H19NO3. The van der Waals surface area contributed by atoms with E-state index in [2.05, 4.69) is 11.9 Å². The zero-order valence-corrected chi connectivity index (χ0v) is 8.82. The number of nitrogens with one attached hydrogen (secondary N) is 1. The van der Waals surface area contributed by atoms with Crippen molar-refractivity contribution < 1.29 is 14.6 Å². The molecule has 82 valence electrons. The van der Waals surface area contributed by atoms with Gasteiger partial charge in [-0.15, -0.1) is 0 Å². The summed E-state index contributed by atoms with van der Waals surface area (Å²) in [4.78, 5) is 11.0. The van der Waals surface area contributed by atoms with Gasteiger partial charge in [0.2, 0.25) is 5.91 Å². The van der Waals surface area contributed by atoms with E-state index in [1.807, 2.05) is 13.8 Å². The highest BCUT2D eigenvalue weighted by Crippen LogP contribution is 2.01. The Bertz CT molecular complexity index is 182. The summed E-state index contributed by atoms with van der Waals surface area (Å²) in [6.45, 7) is 7.63. The first-order valence-electron chi connectivity index (χ1n) is 4.88. The molecule has 0 heterocycles. The van der Waals surface area contributed by atoms with E-state index in [1.54, 1.807) is 0 Å². The van der Waals surface area contributed by atoms with Crippen LogP contribution in [-0.4, -0.2) is 30.0 Å². The molecule has 0 aliphatic carbocycles. The number of ether oxygens (including phenoxy) is 1. The summed E-state index contributed by atoms with van der Waals surface area (Å²) in [5.74, 6) is -0.335. The first-order valence-corrected chi connectivity index (χ1v) is 4.88. The maximum atomic E-state index is 11.0. The third-order valence-electron chi connectivity index (χ3n) is 1.74. The largest absolute Gasteiger partial charge is 0.388 e. The lowest BCUT2D eigenvalue weighted by Crippen LogP contribution is -2.44. The van der Waals surface area contributed by atoms with Crippen LogP contribution in [0.1, 0.15) is 26.7 Å². The van der Waals surface area contributed by atoms with Gasteiger partial charge < -0.3 is 15.2 Å². The topological polar surface area (TPSA) is 58.6 Å². The minimum atomic E-state index is -0.676. The Hall–Kier alpha value is -0.870. The van der Waals surface area contributed by atoms with Gasteiger partial charge in [0.15, 0.2) is 6.23 Å². The molecule has 0 radical (unpaired) electrons. The van der Waals surface area contributed by atoms with Crippen LogP contribution in [0.2, 0.25) is 0 Å². The predicted octanol–water partition coefficient (Wildman–Crippen LogP) is 0.812. The molecule has 4 heteroatoms. The Balaban J connectivity index is 4.09. The molecule has 2 atom stereocenters. The fourth-order valence-electron chi connectivity index (χ4n) is 0.907. The van der Waals surface area contributed by atoms with E-state index < -0.39 is 12.3 Å². The quantitative estimate of drug-likeness (QED) is 0.473. The summed E-state index contributed by atoms with van der Waals surface area (Å²) < 4.78 is 5.29. The van der Waals surface area contributed by atoms with Crippen molar-refractivity contribution in [3.05, 3.63) is 12.7 Å². The van der Waals surface area contributed by atoms with Crippen LogP contribution < -0.4 is 5.32 Å². The summed E-state index contributed by atoms with van der Waals surface area (Å²) in [5, 5.41) is 12.0. The summed E-state index contributed by atoms with van der Waals surface area (Å²) in [6.07, 6.45) is 1.23. The lowest BCUT2D eigenvalue weighted by molar-refractivity contribution is -0.125. The van der Waals surface area contributed by atoms with Crippen molar-refractivity contribution in [1.29, 1.82) is 0 Å². The molecule has 0 rings (SSSR count). The molecule has 0 aliphatic rings. The second-order valence-corrected chi connectivity index (χ2v) is 2.98. The predicted molar refractivity (Wildman–Crippen MR) is 54.7 cm³/mol. The van der Waals surface area contributed by atoms with Crippen molar-refractivity contribution in [1.82, 2.24) is 5.32 Å². The Labute approximate surface area is 85.0 Å². The number of hydrogen-bond acceptors (Lipinski definition) is 3. The van der Waals surface area contributed by atoms with Crippen molar-refractivity contribution >= 4 is 5.91 Å². The van der Waals surface area contributed by atoms with Gasteiger partial charge in [0.05, 0.1) is 6.10 Å². The zero-order valence-electron chi connectivity index (χ0n) is 8.82. The van der Waals surface area contributed by atoms with Crippen molar-refractivity contribution in [3.8, 4) is 0 Å². The van der Waals surface area contributed by atoms with E-state index in [4.69, 9.17) is 4.74 Å². The molecule has 1 amide bonds. The van der Waals surface area contributed by atoms with E-state index in [9.17, 15) is 9.90 Å². The van der Waals surface area contributed by atoms with E-state index in [1.165, 1.54) is 0 Å². The number of aliphatic hydroxyl groups excluding tert-OH is 1. The van der Waals surface area contributed by atoms with Gasteiger partial charge >= 0.3 is 0 Å². The molecule has 0 aliphatic heterocycles. The van der Waals surface area contributed by atoms with Gasteiger partial charge in [0, 0.05) is 6.61 Å². The molecule has 2 unspecified atom stereocenters. The first-order chi connectivity index (χ1) is 6.65. The molecule has 14 heavy (non-hydrogen) atoms. The number of rotatable bonds is 7. The number of carbonyl (C=O) groups is 1. The molecule has 0 aromatic heterocycles. The average molecular weight is 201 g/mol. The molecule has 2 N–H and O–H groups in total. The second kappa shape index (κ2) is 7.53. The Morgan fingerprint density at radius 1 is 1.64 bits per heavy atom. The van der Waals surface area contributed by atoms with Crippen LogP contribution in [0.5, 0.6) is 0 Å². The van der Waals surface area contributed by atoms with Gasteiger partial charge in [-0.3, -0.25) is 4.79 Å². The van der Waals surface area contributed by atoms with Crippen LogP contribution in [0.25, 0.3) is 0 Å². The van der Waals surface area contributed by atoms with Crippen LogP contribution in [0.3, 0.4) is 0 Å². The molecule has 0 spiro atoms. The van der Waals surface area contributed by atoms with Crippen molar-refractivity contribution in [2.45, 2.75) is 39.0 Å². The Morgan fingerprint density at radius 2 is 2.29 bits per heavy atom. The lowest BCUT2D eigenvalue weighted by atomic mass is 10.2. The summed E-state index contributed by atoms with van der Waals surface area (Å²) in [7, 11) is 0. The lowest BCUT2D eigenvalue weighted by Gasteiger charge is -2.22. The molecular weight excluding hydrogens is 182 g/mol. The van der Waals surface area contributed by atoms with E-state index >= 15 is 0 Å². The van der Waals surface area contributed by atoms with Crippen LogP contribution in [0.15, 0.2) is 12.7 Å². The van der Waals surface area contributed by atoms with Crippen LogP contribution >= 0.6 is 0 Å². The third kappa shape index (κ3) is 4.99. The number of amides is 1. The fourth-order valence-corrected chi connectivity index (χ4v) is 0.907. The fraction of sp³-hybridized carbons (Fsp3) is 0.700. The molecule has 0 bridgehead atoms. The van der Waals surface area contributed by atoms with Gasteiger partial charge in [-0.1, -0.05) is 20.4 Å². The number of hydrogen-bond donors (Lipinski definition) is 2. The summed E-state index contributed by atoms with van der Waals surface area (Å²) in [5.41, 5.74) is 0. The molecule has 0 aromatic rings. The first kappa shape index (κ1) is 13.1. The summed E-state index contributed by atoms with van der Waals surface area (Å²) in [6, 6.07) is 0. The molecule has 4 nitrogen and oxygen atoms in total. The highest BCUT2D eigenvalue weighted by Gasteiger charge is 2.18. The SMILES string of the molecule is C=CC(=O)NC(OCCC)C(O)CC. The normalized spacial score (nSPS) is 14.5. The van der Waals surface area contributed by atoms with Crippen molar-refractivity contribution in [2.75, 3.05) is 6.61 Å². The van der Waals surface area contributed by atoms with Crippen LogP contribution in [0, 0.1) is 0 Å². The summed E-state index contributed by atoms with van der Waals surface area (Å²) >= 11 is 0. The van der Waals surface area contributed by atoms with Gasteiger partial charge in [0.25, 0.3) is 0 Å². The van der Waals surface area contributed by atoms with E-state index in [0.29, 0.717) is 13.0 Å². The van der Waals surface area contributed by atoms with Gasteiger partial charge in [-0.05, 0) is 18.9 Å². The van der Waals surface area contributed by atoms with Crippen molar-refractivity contribution in [2.24, 2.45) is 0 Å². The third-order valence-corrected chi connectivity index (χ3v) is 1.74. The van der Waals surface area contributed by atoms with Gasteiger partial charge in [-0.25, -0.2) is 0 Å². The highest BCUT2D eigenvalue weighted by molar-refractivity contribution is 5.86. The van der Waals surface area contributed by atoms with E-state index in [-0.39, 0.29) is 5.91 Å². The second-order valence-electron chi connectivity index (χ2n) is 2.98. The maximum absolute atomic E-state index is 11.0. The molecule has 0 aromatic carbocycles. The highest BCUT2D eigenvalue weighted by atomic mass is 16.5. The molecule has 0 saturated carbocycles.